The zero-order valence-corrected chi connectivity index (χ0v) is 12.1. The summed E-state index contributed by atoms with van der Waals surface area (Å²) in [6, 6.07) is 1.50. The Bertz CT molecular complexity index is 531. The summed E-state index contributed by atoms with van der Waals surface area (Å²) in [6.07, 6.45) is 0.117. The van der Waals surface area contributed by atoms with Gasteiger partial charge in [0.1, 0.15) is 11.6 Å². The lowest BCUT2D eigenvalue weighted by Crippen LogP contribution is -2.34. The fourth-order valence-electron chi connectivity index (χ4n) is 1.85. The van der Waals surface area contributed by atoms with Gasteiger partial charge in [0.2, 0.25) is 5.91 Å². The minimum Gasteiger partial charge on any atom is -0.396 e. The minimum absolute atomic E-state index is 0.0743. The lowest BCUT2D eigenvalue weighted by Gasteiger charge is -2.18. The van der Waals surface area contributed by atoms with Crippen molar-refractivity contribution >= 4 is 17.5 Å². The highest BCUT2D eigenvalue weighted by Crippen LogP contribution is 2.16. The molecule has 1 aromatic carbocycles. The molecule has 0 saturated carbocycles. The molecular formula is C14H19F2N3O2. The monoisotopic (exact) mass is 299 g/mol. The maximum Gasteiger partial charge on any atom is 0.254 e. The normalized spacial score (nSPS) is 10.3. The maximum absolute atomic E-state index is 13.5. The first kappa shape index (κ1) is 16.9. The van der Waals surface area contributed by atoms with E-state index in [9.17, 15) is 18.4 Å². The molecule has 0 aliphatic carbocycles. The van der Waals surface area contributed by atoms with Crippen molar-refractivity contribution in [1.29, 1.82) is 0 Å². The third kappa shape index (κ3) is 4.40. The quantitative estimate of drug-likeness (QED) is 0.782. The number of carbonyl (C=O) groups is 2. The lowest BCUT2D eigenvalue weighted by atomic mass is 10.1. The molecular weight excluding hydrogens is 280 g/mol. The van der Waals surface area contributed by atoms with Crippen molar-refractivity contribution in [2.45, 2.75) is 20.3 Å². The number of rotatable bonds is 6. The molecule has 0 spiro atoms. The zero-order valence-electron chi connectivity index (χ0n) is 12.1. The highest BCUT2D eigenvalue weighted by Gasteiger charge is 2.15. The fraction of sp³-hybridized carbons (Fsp3) is 0.429. The number of halogens is 2. The molecule has 1 aromatic rings. The molecule has 21 heavy (non-hydrogen) atoms. The number of hydrogen-bond acceptors (Lipinski definition) is 3. The molecule has 0 aromatic heterocycles. The molecule has 7 heteroatoms. The van der Waals surface area contributed by atoms with E-state index in [2.05, 4.69) is 5.32 Å². The molecule has 5 nitrogen and oxygen atoms in total. The highest BCUT2D eigenvalue weighted by atomic mass is 19.1. The van der Waals surface area contributed by atoms with E-state index in [0.29, 0.717) is 19.2 Å². The van der Waals surface area contributed by atoms with Crippen LogP contribution < -0.4 is 11.1 Å². The molecule has 0 unspecified atom stereocenters. The van der Waals surface area contributed by atoms with Gasteiger partial charge in [0.25, 0.3) is 5.91 Å². The van der Waals surface area contributed by atoms with E-state index in [1.165, 1.54) is 0 Å². The number of nitrogens with zero attached hydrogens (tertiary/aromatic N) is 1. The third-order valence-electron chi connectivity index (χ3n) is 3.07. The molecule has 0 heterocycles. The largest absolute Gasteiger partial charge is 0.396 e. The van der Waals surface area contributed by atoms with Crippen molar-refractivity contribution in [2.24, 2.45) is 0 Å². The molecule has 3 N–H and O–H groups in total. The Morgan fingerprint density at radius 1 is 1.19 bits per heavy atom. The van der Waals surface area contributed by atoms with E-state index in [-0.39, 0.29) is 30.1 Å². The first-order chi connectivity index (χ1) is 9.90. The van der Waals surface area contributed by atoms with Crippen molar-refractivity contribution in [3.8, 4) is 0 Å². The van der Waals surface area contributed by atoms with Crippen molar-refractivity contribution in [3.05, 3.63) is 29.3 Å². The van der Waals surface area contributed by atoms with Gasteiger partial charge in [-0.1, -0.05) is 0 Å². The Morgan fingerprint density at radius 3 is 2.38 bits per heavy atom. The number of amides is 2. The number of nitrogens with two attached hydrogens (primary N) is 1. The summed E-state index contributed by atoms with van der Waals surface area (Å²) in [5, 5.41) is 2.42. The molecule has 0 radical (unpaired) electrons. The van der Waals surface area contributed by atoms with Gasteiger partial charge in [-0.25, -0.2) is 8.78 Å². The first-order valence-corrected chi connectivity index (χ1v) is 6.71. The van der Waals surface area contributed by atoms with Crippen LogP contribution in [0.5, 0.6) is 0 Å². The van der Waals surface area contributed by atoms with Crippen LogP contribution in [0, 0.1) is 11.6 Å². The van der Waals surface area contributed by atoms with Gasteiger partial charge in [-0.15, -0.1) is 0 Å². The van der Waals surface area contributed by atoms with Crippen molar-refractivity contribution in [2.75, 3.05) is 25.4 Å². The summed E-state index contributed by atoms with van der Waals surface area (Å²) in [6.45, 7) is 4.97. The lowest BCUT2D eigenvalue weighted by molar-refractivity contribution is -0.130. The minimum atomic E-state index is -0.991. The molecule has 116 valence electrons. The van der Waals surface area contributed by atoms with Crippen LogP contribution in [0.4, 0.5) is 14.5 Å². The number of anilines is 1. The van der Waals surface area contributed by atoms with Gasteiger partial charge >= 0.3 is 0 Å². The summed E-state index contributed by atoms with van der Waals surface area (Å²) in [5.74, 6) is -2.74. The summed E-state index contributed by atoms with van der Waals surface area (Å²) < 4.78 is 26.5. The smallest absolute Gasteiger partial charge is 0.254 e. The predicted molar refractivity (Wildman–Crippen MR) is 75.6 cm³/mol. The maximum atomic E-state index is 13.5. The zero-order chi connectivity index (χ0) is 16.0. The van der Waals surface area contributed by atoms with Gasteiger partial charge < -0.3 is 16.0 Å². The van der Waals surface area contributed by atoms with Crippen LogP contribution in [0.3, 0.4) is 0 Å². The Morgan fingerprint density at radius 2 is 1.81 bits per heavy atom. The molecule has 0 aliphatic heterocycles. The number of benzene rings is 1. The average molecular weight is 299 g/mol. The second-order valence-electron chi connectivity index (χ2n) is 4.43. The van der Waals surface area contributed by atoms with Gasteiger partial charge in [0, 0.05) is 32.1 Å². The number of nitrogens with one attached hydrogen (secondary N) is 1. The number of nitrogen functional groups attached to an aromatic ring is 1. The molecule has 2 amide bonds. The van der Waals surface area contributed by atoms with E-state index >= 15 is 0 Å². The number of hydrogen-bond donors (Lipinski definition) is 2. The molecule has 0 aliphatic rings. The Hall–Kier alpha value is -2.18. The van der Waals surface area contributed by atoms with E-state index < -0.39 is 17.5 Å². The molecule has 0 fully saturated rings. The van der Waals surface area contributed by atoms with Crippen LogP contribution in [0.15, 0.2) is 12.1 Å². The van der Waals surface area contributed by atoms with E-state index in [0.717, 1.165) is 6.07 Å². The van der Waals surface area contributed by atoms with Gasteiger partial charge in [0.15, 0.2) is 0 Å². The van der Waals surface area contributed by atoms with Crippen molar-refractivity contribution < 1.29 is 18.4 Å². The molecule has 0 bridgehead atoms. The van der Waals surface area contributed by atoms with Gasteiger partial charge in [0.05, 0.1) is 11.3 Å². The van der Waals surface area contributed by atoms with Crippen LogP contribution >= 0.6 is 0 Å². The Kier molecular flexibility index (Phi) is 6.08. The summed E-state index contributed by atoms with van der Waals surface area (Å²) in [5.41, 5.74) is 4.65. The second kappa shape index (κ2) is 7.56. The topological polar surface area (TPSA) is 75.4 Å². The third-order valence-corrected chi connectivity index (χ3v) is 3.07. The van der Waals surface area contributed by atoms with Crippen LogP contribution in [0.2, 0.25) is 0 Å². The number of carbonyl (C=O) groups excluding carboxylic acids is 2. The summed E-state index contributed by atoms with van der Waals surface area (Å²) >= 11 is 0. The van der Waals surface area contributed by atoms with Gasteiger partial charge in [-0.05, 0) is 19.9 Å². The predicted octanol–water partition coefficient (Wildman–Crippen LogP) is 1.54. The molecule has 0 atom stereocenters. The molecule has 0 saturated heterocycles. The van der Waals surface area contributed by atoms with Crippen LogP contribution in [-0.2, 0) is 4.79 Å². The van der Waals surface area contributed by atoms with Crippen molar-refractivity contribution in [1.82, 2.24) is 10.2 Å². The SMILES string of the molecule is CCN(CC)C(=O)CCNC(=O)c1cc(N)c(F)cc1F. The van der Waals surface area contributed by atoms with Crippen LogP contribution in [0.1, 0.15) is 30.6 Å². The average Bonchev–Trinajstić information content (AvgIpc) is 2.44. The summed E-state index contributed by atoms with van der Waals surface area (Å²) in [7, 11) is 0. The standard InChI is InChI=1S/C14H19F2N3O2/c1-3-19(4-2)13(20)5-6-18-14(21)9-7-12(17)11(16)8-10(9)15/h7-8H,3-6,17H2,1-2H3,(H,18,21). The second-order valence-corrected chi connectivity index (χ2v) is 4.43. The van der Waals surface area contributed by atoms with Crippen LogP contribution in [0.25, 0.3) is 0 Å². The van der Waals surface area contributed by atoms with Crippen molar-refractivity contribution in [3.63, 3.8) is 0 Å². The Balaban J connectivity index is 2.59. The van der Waals surface area contributed by atoms with Crippen LogP contribution in [-0.4, -0.2) is 36.3 Å². The van der Waals surface area contributed by atoms with E-state index in [1.54, 1.807) is 4.90 Å². The fourth-order valence-corrected chi connectivity index (χ4v) is 1.85. The summed E-state index contributed by atoms with van der Waals surface area (Å²) in [4.78, 5) is 25.1. The van der Waals surface area contributed by atoms with E-state index in [4.69, 9.17) is 5.73 Å². The van der Waals surface area contributed by atoms with E-state index in [1.807, 2.05) is 13.8 Å². The molecule has 1 rings (SSSR count). The Labute approximate surface area is 122 Å². The first-order valence-electron chi connectivity index (χ1n) is 6.71. The highest BCUT2D eigenvalue weighted by molar-refractivity contribution is 5.95. The van der Waals surface area contributed by atoms with Gasteiger partial charge in [-0.3, -0.25) is 9.59 Å². The van der Waals surface area contributed by atoms with Gasteiger partial charge in [-0.2, -0.15) is 0 Å².